The van der Waals surface area contributed by atoms with E-state index in [2.05, 4.69) is 20.2 Å². The highest BCUT2D eigenvalue weighted by molar-refractivity contribution is 7.12. The number of hydrogen-bond acceptors (Lipinski definition) is 4. The number of aromatic amines is 1. The first-order valence-corrected chi connectivity index (χ1v) is 10.2. The van der Waals surface area contributed by atoms with E-state index in [0.29, 0.717) is 21.3 Å². The highest BCUT2D eigenvalue weighted by atomic mass is 32.1. The van der Waals surface area contributed by atoms with E-state index in [9.17, 15) is 14.4 Å². The van der Waals surface area contributed by atoms with Gasteiger partial charge in [0, 0.05) is 38.1 Å². The van der Waals surface area contributed by atoms with Crippen LogP contribution in [0.3, 0.4) is 0 Å². The van der Waals surface area contributed by atoms with Crippen molar-refractivity contribution in [2.75, 3.05) is 14.1 Å². The first-order valence-electron chi connectivity index (χ1n) is 9.34. The van der Waals surface area contributed by atoms with Crippen LogP contribution in [0.15, 0.2) is 28.6 Å². The zero-order valence-corrected chi connectivity index (χ0v) is 16.6. The van der Waals surface area contributed by atoms with Crippen LogP contribution in [0.1, 0.15) is 51.8 Å². The normalized spacial score (nSPS) is 14.5. The fourth-order valence-corrected chi connectivity index (χ4v) is 4.88. The van der Waals surface area contributed by atoms with Crippen molar-refractivity contribution in [3.63, 3.8) is 0 Å². The van der Waals surface area contributed by atoms with Crippen molar-refractivity contribution in [3.05, 3.63) is 44.6 Å². The number of amides is 2. The zero-order valence-electron chi connectivity index (χ0n) is 15.8. The van der Waals surface area contributed by atoms with E-state index in [4.69, 9.17) is 0 Å². The Morgan fingerprint density at radius 2 is 1.89 bits per heavy atom. The van der Waals surface area contributed by atoms with E-state index in [1.54, 1.807) is 20.2 Å². The number of thiophene rings is 1. The average molecular weight is 398 g/mol. The highest BCUT2D eigenvalue weighted by Crippen LogP contribution is 2.38. The van der Waals surface area contributed by atoms with Gasteiger partial charge in [-0.2, -0.15) is 0 Å². The summed E-state index contributed by atoms with van der Waals surface area (Å²) in [5.41, 5.74) is 2.45. The molecule has 2 amide bonds. The molecule has 1 fully saturated rings. The molecule has 1 saturated carbocycles. The lowest BCUT2D eigenvalue weighted by Crippen LogP contribution is -2.21. The number of nitrogens with one attached hydrogen (secondary N) is 3. The highest BCUT2D eigenvalue weighted by Gasteiger charge is 2.26. The van der Waals surface area contributed by atoms with E-state index >= 15 is 0 Å². The second-order valence-electron chi connectivity index (χ2n) is 7.00. The van der Waals surface area contributed by atoms with Crippen LogP contribution in [-0.4, -0.2) is 35.5 Å². The van der Waals surface area contributed by atoms with Gasteiger partial charge in [0.1, 0.15) is 0 Å². The molecule has 0 atom stereocenters. The maximum atomic E-state index is 12.8. The van der Waals surface area contributed by atoms with E-state index < -0.39 is 0 Å². The predicted octanol–water partition coefficient (Wildman–Crippen LogP) is 2.89. The molecule has 0 radical (unpaired) electrons. The van der Waals surface area contributed by atoms with Gasteiger partial charge < -0.3 is 20.2 Å². The summed E-state index contributed by atoms with van der Waals surface area (Å²) in [4.78, 5) is 40.5. The van der Waals surface area contributed by atoms with Crippen LogP contribution in [0.5, 0.6) is 0 Å². The van der Waals surface area contributed by atoms with Gasteiger partial charge in [0.2, 0.25) is 0 Å². The molecule has 0 aromatic carbocycles. The van der Waals surface area contributed by atoms with Gasteiger partial charge in [0.05, 0.1) is 21.3 Å². The number of fused-ring (bicyclic) bond motifs is 1. The summed E-state index contributed by atoms with van der Waals surface area (Å²) in [6.45, 7) is 0. The van der Waals surface area contributed by atoms with Crippen molar-refractivity contribution in [3.8, 4) is 11.1 Å². The number of carbonyl (C=O) groups excluding carboxylic acids is 2. The van der Waals surface area contributed by atoms with Crippen molar-refractivity contribution < 1.29 is 9.59 Å². The Morgan fingerprint density at radius 1 is 1.18 bits per heavy atom. The Morgan fingerprint density at radius 3 is 2.57 bits per heavy atom. The van der Waals surface area contributed by atoms with Crippen LogP contribution in [0.4, 0.5) is 0 Å². The third kappa shape index (κ3) is 2.93. The van der Waals surface area contributed by atoms with Crippen molar-refractivity contribution in [2.45, 2.75) is 31.7 Å². The van der Waals surface area contributed by atoms with Crippen LogP contribution in [-0.2, 0) is 0 Å². The molecular formula is C20H22N4O3S. The lowest BCUT2D eigenvalue weighted by molar-refractivity contribution is 0.0957. The Kier molecular flexibility index (Phi) is 4.80. The van der Waals surface area contributed by atoms with Gasteiger partial charge in [-0.05, 0) is 29.9 Å². The second-order valence-corrected chi connectivity index (χ2v) is 7.91. The monoisotopic (exact) mass is 398 g/mol. The van der Waals surface area contributed by atoms with Crippen LogP contribution < -0.4 is 16.2 Å². The number of rotatable bonds is 4. The molecule has 3 aromatic rings. The minimum atomic E-state index is -0.235. The summed E-state index contributed by atoms with van der Waals surface area (Å²) in [5, 5.41) is 7.66. The molecular weight excluding hydrogens is 376 g/mol. The summed E-state index contributed by atoms with van der Waals surface area (Å²) in [6, 6.07) is 2.06. The minimum absolute atomic E-state index is 0.157. The average Bonchev–Trinajstić information content (AvgIpc) is 3.45. The van der Waals surface area contributed by atoms with Gasteiger partial charge in [0.25, 0.3) is 17.4 Å². The van der Waals surface area contributed by atoms with E-state index in [1.807, 2.05) is 11.6 Å². The molecule has 1 aliphatic carbocycles. The number of aromatic nitrogens is 2. The van der Waals surface area contributed by atoms with Gasteiger partial charge in [0.15, 0.2) is 0 Å². The van der Waals surface area contributed by atoms with Crippen LogP contribution in [0, 0.1) is 0 Å². The Labute approximate surface area is 165 Å². The van der Waals surface area contributed by atoms with Gasteiger partial charge in [-0.3, -0.25) is 14.4 Å². The van der Waals surface area contributed by atoms with Gasteiger partial charge in [-0.25, -0.2) is 0 Å². The molecule has 0 spiro atoms. The first-order chi connectivity index (χ1) is 13.5. The van der Waals surface area contributed by atoms with Crippen LogP contribution in [0.2, 0.25) is 0 Å². The summed E-state index contributed by atoms with van der Waals surface area (Å²) in [6.07, 6.45) is 7.78. The number of hydrogen-bond donors (Lipinski definition) is 3. The molecule has 3 aromatic heterocycles. The third-order valence-electron chi connectivity index (χ3n) is 5.41. The molecule has 28 heavy (non-hydrogen) atoms. The molecule has 7 nitrogen and oxygen atoms in total. The fourth-order valence-electron chi connectivity index (χ4n) is 4.02. The van der Waals surface area contributed by atoms with Gasteiger partial charge >= 0.3 is 0 Å². The minimum Gasteiger partial charge on any atom is -0.355 e. The van der Waals surface area contributed by atoms with Gasteiger partial charge in [-0.1, -0.05) is 12.8 Å². The van der Waals surface area contributed by atoms with Crippen molar-refractivity contribution in [1.29, 1.82) is 0 Å². The number of H-pyrrole nitrogens is 1. The molecule has 146 valence electrons. The summed E-state index contributed by atoms with van der Waals surface area (Å²) < 4.78 is 2.09. The van der Waals surface area contributed by atoms with Crippen LogP contribution >= 0.6 is 11.3 Å². The Balaban J connectivity index is 1.99. The molecule has 3 heterocycles. The summed E-state index contributed by atoms with van der Waals surface area (Å²) in [5.74, 6) is -0.391. The number of pyridine rings is 1. The quantitative estimate of drug-likeness (QED) is 0.630. The summed E-state index contributed by atoms with van der Waals surface area (Å²) >= 11 is 1.34. The molecule has 8 heteroatoms. The maximum Gasteiger partial charge on any atom is 0.261 e. The Bertz CT molecular complexity index is 1120. The standard InChI is InChI=1S/C20H22N4O3S/c1-21-18(25)13-8-23-20(27)16-14(11-7-15(28-10-11)19(26)22-2)9-24(17(13)16)12-5-3-4-6-12/h7-10,12H,3-6H2,1-2H3,(H,21,25)(H,22,26)(H,23,27). The zero-order chi connectivity index (χ0) is 19.8. The van der Waals surface area contributed by atoms with E-state index in [0.717, 1.165) is 36.8 Å². The van der Waals surface area contributed by atoms with E-state index in [-0.39, 0.29) is 23.4 Å². The van der Waals surface area contributed by atoms with Crippen molar-refractivity contribution in [1.82, 2.24) is 20.2 Å². The fraction of sp³-hybridized carbons (Fsp3) is 0.350. The SMILES string of the molecule is CNC(=O)c1cc(-c2cn(C3CCCC3)c3c(C(=O)NC)c[nH]c(=O)c23)cs1. The first kappa shape index (κ1) is 18.5. The number of nitrogens with zero attached hydrogens (tertiary/aromatic N) is 1. The lowest BCUT2D eigenvalue weighted by Gasteiger charge is -2.15. The molecule has 3 N–H and O–H groups in total. The molecule has 0 aliphatic heterocycles. The third-order valence-corrected chi connectivity index (χ3v) is 6.34. The molecule has 1 aliphatic rings. The van der Waals surface area contributed by atoms with Crippen molar-refractivity contribution in [2.24, 2.45) is 0 Å². The summed E-state index contributed by atoms with van der Waals surface area (Å²) in [7, 11) is 3.17. The molecule has 0 bridgehead atoms. The molecule has 0 unspecified atom stereocenters. The second kappa shape index (κ2) is 7.27. The number of carbonyl (C=O) groups is 2. The topological polar surface area (TPSA) is 96.0 Å². The predicted molar refractivity (Wildman–Crippen MR) is 110 cm³/mol. The van der Waals surface area contributed by atoms with E-state index in [1.165, 1.54) is 17.5 Å². The largest absolute Gasteiger partial charge is 0.355 e. The van der Waals surface area contributed by atoms with Crippen LogP contribution in [0.25, 0.3) is 22.0 Å². The molecule has 0 saturated heterocycles. The maximum absolute atomic E-state index is 12.8. The van der Waals surface area contributed by atoms with Gasteiger partial charge in [-0.15, -0.1) is 11.3 Å². The lowest BCUT2D eigenvalue weighted by atomic mass is 10.1. The smallest absolute Gasteiger partial charge is 0.261 e. The van der Waals surface area contributed by atoms with Crippen molar-refractivity contribution >= 4 is 34.1 Å². The molecule has 4 rings (SSSR count). The Hall–Kier alpha value is -2.87.